The zero-order valence-electron chi connectivity index (χ0n) is 64.6. The minimum absolute atomic E-state index is 0.180. The number of carboxylic acid groups (broad SMARTS) is 2. The summed E-state index contributed by atoms with van der Waals surface area (Å²) in [6.45, 7) is 1.22. The number of aliphatic hydroxyl groups is 14. The molecule has 0 bridgehead atoms. The number of aliphatic hydroxyl groups excluding tert-OH is 14. The van der Waals surface area contributed by atoms with Crippen molar-refractivity contribution in [2.24, 2.45) is 0 Å². The lowest BCUT2D eigenvalue weighted by molar-refractivity contribution is -0.388. The Labute approximate surface area is 637 Å². The van der Waals surface area contributed by atoms with Gasteiger partial charge in [-0.25, -0.2) is 9.59 Å². The van der Waals surface area contributed by atoms with Crippen LogP contribution < -0.4 is 16.0 Å². The molecule has 19 N–H and O–H groups in total. The molecule has 32 nitrogen and oxygen atoms in total. The third kappa shape index (κ3) is 32.0. The first-order valence-electron chi connectivity index (χ1n) is 40.5. The van der Waals surface area contributed by atoms with Crippen LogP contribution in [0, 0.1) is 0 Å². The van der Waals surface area contributed by atoms with E-state index < -0.39 is 216 Å². The molecule has 32 heteroatoms. The molecule has 24 atom stereocenters. The van der Waals surface area contributed by atoms with Crippen molar-refractivity contribution in [2.75, 3.05) is 33.0 Å². The van der Waals surface area contributed by atoms with Gasteiger partial charge in [0.05, 0.1) is 69.5 Å². The van der Waals surface area contributed by atoms with E-state index in [0.717, 1.165) is 65.2 Å². The van der Waals surface area contributed by atoms with Crippen molar-refractivity contribution in [1.82, 2.24) is 16.0 Å². The van der Waals surface area contributed by atoms with E-state index in [1.807, 2.05) is 0 Å². The van der Waals surface area contributed by atoms with Crippen LogP contribution in [0.25, 0.3) is 0 Å². The topological polar surface area (TPSA) is 519 Å². The van der Waals surface area contributed by atoms with E-state index in [1.165, 1.54) is 154 Å². The summed E-state index contributed by atoms with van der Waals surface area (Å²) in [6, 6.07) is -4.64. The van der Waals surface area contributed by atoms with E-state index in [9.17, 15) is 106 Å². The Hall–Kier alpha value is -3.53. The normalized spacial score (nSPS) is 30.6. The molecule has 0 spiro atoms. The highest BCUT2D eigenvalue weighted by atomic mass is 16.8. The predicted octanol–water partition coefficient (Wildman–Crippen LogP) is 2.90. The van der Waals surface area contributed by atoms with Gasteiger partial charge in [-0.15, -0.1) is 0 Å². The van der Waals surface area contributed by atoms with Crippen LogP contribution >= 0.6 is 0 Å². The van der Waals surface area contributed by atoms with Crippen molar-refractivity contribution in [3.8, 4) is 0 Å². The number of carbonyl (C=O) groups excluding carboxylic acids is 3. The highest BCUT2D eigenvalue weighted by molar-refractivity contribution is 5.78. The number of hydrogen-bond acceptors (Lipinski definition) is 27. The monoisotopic (exact) mass is 1560 g/mol. The molecule has 4 saturated heterocycles. The summed E-state index contributed by atoms with van der Waals surface area (Å²) in [5.41, 5.74) is 0. The fourth-order valence-electron chi connectivity index (χ4n) is 14.9. The van der Waals surface area contributed by atoms with E-state index in [2.05, 4.69) is 29.8 Å². The third-order valence-electron chi connectivity index (χ3n) is 21.3. The van der Waals surface area contributed by atoms with E-state index in [4.69, 9.17) is 37.9 Å². The number of hydrogen-bond donors (Lipinski definition) is 19. The number of nitrogens with one attached hydrogen (secondary N) is 3. The Balaban J connectivity index is 1.43. The molecule has 0 radical (unpaired) electrons. The van der Waals surface area contributed by atoms with Crippen molar-refractivity contribution < 1.29 is 144 Å². The Kier molecular flexibility index (Phi) is 47.3. The first kappa shape index (κ1) is 96.8. The molecule has 4 aliphatic rings. The van der Waals surface area contributed by atoms with Gasteiger partial charge in [0, 0.05) is 33.1 Å². The molecule has 0 aromatic rings. The maximum absolute atomic E-state index is 13.6. The molecule has 24 unspecified atom stereocenters. The van der Waals surface area contributed by atoms with Crippen LogP contribution in [-0.2, 0) is 61.9 Å². The standard InChI is InChI=1S/C76H139N3O29/c1-5-7-9-11-13-15-17-19-20-21-22-23-24-25-26-28-30-32-34-36-38-40-58(90)79-50(51(86)39-37-35-33-31-29-27-18-16-14-12-10-8-6-2)47-101-71-65(95)64(94)67(57(46-83)103-71)104-72-66(96)70(62(92)55(44-81)102-72)108-76(74(99)100)42-53(88)60(78-49(4)85)69(107-76)63(93)56(45-82)105-75(73(97)98)41-52(87)59(77-48(3)84)68(106-75)61(91)54(89)43-80/h50-57,59-72,80-83,86-89,91-96H,5-47H2,1-4H3,(H,77,84)(H,78,85)(H,79,90)(H,97,98)(H,99,100). The summed E-state index contributed by atoms with van der Waals surface area (Å²) in [5.74, 6) is -13.1. The van der Waals surface area contributed by atoms with E-state index in [0.29, 0.717) is 19.3 Å². The Morgan fingerprint density at radius 2 is 0.870 bits per heavy atom. The van der Waals surface area contributed by atoms with Crippen molar-refractivity contribution in [3.63, 3.8) is 0 Å². The molecule has 108 heavy (non-hydrogen) atoms. The average molecular weight is 1560 g/mol. The van der Waals surface area contributed by atoms with E-state index >= 15 is 0 Å². The van der Waals surface area contributed by atoms with Gasteiger partial charge < -0.3 is 136 Å². The minimum atomic E-state index is -3.39. The molecule has 3 amide bonds. The molecule has 4 aliphatic heterocycles. The van der Waals surface area contributed by atoms with Crippen molar-refractivity contribution in [2.45, 2.75) is 418 Å². The molecule has 0 saturated carbocycles. The molecule has 4 heterocycles. The van der Waals surface area contributed by atoms with Crippen LogP contribution in [0.5, 0.6) is 0 Å². The summed E-state index contributed by atoms with van der Waals surface area (Å²) in [7, 11) is 0. The van der Waals surface area contributed by atoms with Crippen LogP contribution in [-0.4, -0.2) is 290 Å². The van der Waals surface area contributed by atoms with Crippen molar-refractivity contribution in [3.05, 3.63) is 0 Å². The Bertz CT molecular complexity index is 2470. The molecule has 4 rings (SSSR count). The molecular weight excluding hydrogens is 1420 g/mol. The van der Waals surface area contributed by atoms with Gasteiger partial charge >= 0.3 is 11.9 Å². The largest absolute Gasteiger partial charge is 0.477 e. The lowest BCUT2D eigenvalue weighted by Crippen LogP contribution is -2.72. The number of carbonyl (C=O) groups is 5. The number of unbranched alkanes of at least 4 members (excludes halogenated alkanes) is 32. The molecule has 0 aliphatic carbocycles. The summed E-state index contributed by atoms with van der Waals surface area (Å²) >= 11 is 0. The lowest BCUT2D eigenvalue weighted by Gasteiger charge is -2.51. The quantitative estimate of drug-likeness (QED) is 0.0389. The fourth-order valence-corrected chi connectivity index (χ4v) is 14.9. The summed E-state index contributed by atoms with van der Waals surface area (Å²) in [4.78, 5) is 65.1. The van der Waals surface area contributed by atoms with Gasteiger partial charge in [-0.05, 0) is 12.8 Å². The van der Waals surface area contributed by atoms with E-state index in [-0.39, 0.29) is 12.3 Å². The zero-order chi connectivity index (χ0) is 79.8. The number of amides is 3. The second-order valence-electron chi connectivity index (χ2n) is 30.4. The van der Waals surface area contributed by atoms with Crippen LogP contribution in [0.15, 0.2) is 0 Å². The van der Waals surface area contributed by atoms with Gasteiger partial charge in [-0.3, -0.25) is 14.4 Å². The van der Waals surface area contributed by atoms with Gasteiger partial charge in [-0.2, -0.15) is 0 Å². The summed E-state index contributed by atoms with van der Waals surface area (Å²) in [5, 5.41) is 185. The summed E-state index contributed by atoms with van der Waals surface area (Å²) in [6.07, 6.45) is -1.56. The molecular formula is C76H139N3O29. The van der Waals surface area contributed by atoms with Gasteiger partial charge in [0.25, 0.3) is 11.6 Å². The second kappa shape index (κ2) is 52.8. The Morgan fingerprint density at radius 3 is 1.29 bits per heavy atom. The van der Waals surface area contributed by atoms with Crippen molar-refractivity contribution in [1.29, 1.82) is 0 Å². The number of aliphatic carboxylic acids is 2. The van der Waals surface area contributed by atoms with Crippen LogP contribution in [0.3, 0.4) is 0 Å². The minimum Gasteiger partial charge on any atom is -0.477 e. The lowest BCUT2D eigenvalue weighted by atomic mass is 9.87. The highest BCUT2D eigenvalue weighted by Crippen LogP contribution is 2.41. The highest BCUT2D eigenvalue weighted by Gasteiger charge is 2.62. The average Bonchev–Trinajstić information content (AvgIpc) is 0.758. The molecule has 0 aromatic carbocycles. The number of rotatable bonds is 59. The number of ether oxygens (including phenoxy) is 8. The first-order valence-corrected chi connectivity index (χ1v) is 40.5. The van der Waals surface area contributed by atoms with Crippen molar-refractivity contribution >= 4 is 29.7 Å². The predicted molar refractivity (Wildman–Crippen MR) is 391 cm³/mol. The van der Waals surface area contributed by atoms with E-state index in [1.54, 1.807) is 0 Å². The smallest absolute Gasteiger partial charge is 0.364 e. The van der Waals surface area contributed by atoms with Crippen LogP contribution in [0.1, 0.15) is 272 Å². The SMILES string of the molecule is CCCCCCCCCCCCCCCCCCCCCCCC(=O)NC(COC1OC(CO)C(OC2OC(CO)C(O)C(OC3(C(=O)O)CC(O)C(NC(C)=O)C(C(O)C(CO)OC4(C(=O)O)CC(O)C(NC(C)=O)C(C(O)C(O)CO)O4)O3)C2O)C(O)C1O)C(O)CCCCCCCCCCCCCCC. The third-order valence-corrected chi connectivity index (χ3v) is 21.3. The maximum Gasteiger partial charge on any atom is 0.364 e. The zero-order valence-corrected chi connectivity index (χ0v) is 64.6. The number of carboxylic acids is 2. The second-order valence-corrected chi connectivity index (χ2v) is 30.4. The Morgan fingerprint density at radius 1 is 0.463 bits per heavy atom. The maximum atomic E-state index is 13.6. The molecule has 632 valence electrons. The van der Waals surface area contributed by atoms with Gasteiger partial charge in [0.2, 0.25) is 17.7 Å². The van der Waals surface area contributed by atoms with Gasteiger partial charge in [0.15, 0.2) is 12.6 Å². The van der Waals surface area contributed by atoms with Gasteiger partial charge in [-0.1, -0.05) is 226 Å². The fraction of sp³-hybridized carbons (Fsp3) is 0.934. The molecule has 4 fully saturated rings. The first-order chi connectivity index (χ1) is 51.7. The van der Waals surface area contributed by atoms with Crippen LogP contribution in [0.2, 0.25) is 0 Å². The van der Waals surface area contributed by atoms with Crippen LogP contribution in [0.4, 0.5) is 0 Å². The van der Waals surface area contributed by atoms with Gasteiger partial charge in [0.1, 0.15) is 85.5 Å². The summed E-state index contributed by atoms with van der Waals surface area (Å²) < 4.78 is 46.6. The molecule has 0 aromatic heterocycles.